The van der Waals surface area contributed by atoms with Crippen LogP contribution in [0.5, 0.6) is 5.75 Å². The van der Waals surface area contributed by atoms with Gasteiger partial charge in [0.15, 0.2) is 6.10 Å². The Kier molecular flexibility index (Phi) is 5.38. The van der Waals surface area contributed by atoms with E-state index in [0.717, 1.165) is 31.7 Å². The fourth-order valence-electron chi connectivity index (χ4n) is 2.33. The Morgan fingerprint density at radius 2 is 2.10 bits per heavy atom. The van der Waals surface area contributed by atoms with Crippen molar-refractivity contribution in [2.75, 3.05) is 32.8 Å². The van der Waals surface area contributed by atoms with Crippen LogP contribution >= 0.6 is 0 Å². The van der Waals surface area contributed by atoms with Crippen molar-refractivity contribution in [3.63, 3.8) is 0 Å². The molecule has 2 rings (SSSR count). The van der Waals surface area contributed by atoms with Gasteiger partial charge in [-0.3, -0.25) is 4.79 Å². The van der Waals surface area contributed by atoms with Crippen LogP contribution in [0.3, 0.4) is 0 Å². The van der Waals surface area contributed by atoms with Gasteiger partial charge in [0.2, 0.25) is 0 Å². The third-order valence-corrected chi connectivity index (χ3v) is 3.43. The summed E-state index contributed by atoms with van der Waals surface area (Å²) in [6, 6.07) is 7.53. The first-order valence-corrected chi connectivity index (χ1v) is 7.07. The fourth-order valence-corrected chi connectivity index (χ4v) is 2.33. The van der Waals surface area contributed by atoms with Gasteiger partial charge in [0, 0.05) is 32.8 Å². The van der Waals surface area contributed by atoms with Crippen molar-refractivity contribution in [1.82, 2.24) is 10.2 Å². The van der Waals surface area contributed by atoms with Gasteiger partial charge in [0.25, 0.3) is 5.91 Å². The smallest absolute Gasteiger partial charge is 0.263 e. The van der Waals surface area contributed by atoms with E-state index in [1.807, 2.05) is 29.2 Å². The van der Waals surface area contributed by atoms with Crippen LogP contribution < -0.4 is 10.1 Å². The number of para-hydroxylation sites is 1. The normalized spacial score (nSPS) is 16.8. The monoisotopic (exact) mass is 278 g/mol. The number of hydrogen-bond acceptors (Lipinski definition) is 4. The summed E-state index contributed by atoms with van der Waals surface area (Å²) in [5, 5.41) is 12.3. The van der Waals surface area contributed by atoms with E-state index in [-0.39, 0.29) is 12.5 Å². The zero-order chi connectivity index (χ0) is 14.4. The van der Waals surface area contributed by atoms with Gasteiger partial charge in [-0.05, 0) is 25.0 Å². The quantitative estimate of drug-likeness (QED) is 0.819. The molecular formula is C15H22N2O3. The summed E-state index contributed by atoms with van der Waals surface area (Å²) in [4.78, 5) is 14.1. The predicted octanol–water partition coefficient (Wildman–Crippen LogP) is 0.420. The van der Waals surface area contributed by atoms with Gasteiger partial charge in [0.05, 0.1) is 0 Å². The van der Waals surface area contributed by atoms with E-state index in [1.165, 1.54) is 0 Å². The van der Waals surface area contributed by atoms with Crippen LogP contribution in [0.1, 0.15) is 12.5 Å². The fraction of sp³-hybridized carbons (Fsp3) is 0.533. The van der Waals surface area contributed by atoms with Crippen LogP contribution in [-0.2, 0) is 11.2 Å². The lowest BCUT2D eigenvalue weighted by Crippen LogP contribution is -2.50. The molecule has 5 nitrogen and oxygen atoms in total. The summed E-state index contributed by atoms with van der Waals surface area (Å²) in [5.74, 6) is 0.697. The minimum atomic E-state index is -0.507. The molecule has 1 atom stereocenters. The Morgan fingerprint density at radius 3 is 2.80 bits per heavy atom. The van der Waals surface area contributed by atoms with Gasteiger partial charge in [-0.15, -0.1) is 0 Å². The number of nitrogens with zero attached hydrogens (tertiary/aromatic N) is 1. The van der Waals surface area contributed by atoms with E-state index < -0.39 is 6.10 Å². The van der Waals surface area contributed by atoms with Crippen LogP contribution in [0.15, 0.2) is 24.3 Å². The summed E-state index contributed by atoms with van der Waals surface area (Å²) >= 11 is 0. The average molecular weight is 278 g/mol. The van der Waals surface area contributed by atoms with Crippen molar-refractivity contribution in [2.24, 2.45) is 0 Å². The summed E-state index contributed by atoms with van der Waals surface area (Å²) in [6.07, 6.45) is 0.0259. The van der Waals surface area contributed by atoms with Gasteiger partial charge in [0.1, 0.15) is 5.75 Å². The van der Waals surface area contributed by atoms with Gasteiger partial charge in [-0.2, -0.15) is 0 Å². The molecule has 1 aliphatic heterocycles. The van der Waals surface area contributed by atoms with E-state index in [2.05, 4.69) is 5.32 Å². The summed E-state index contributed by atoms with van der Waals surface area (Å²) in [5.41, 5.74) is 0.926. The van der Waals surface area contributed by atoms with Crippen molar-refractivity contribution < 1.29 is 14.6 Å². The molecule has 0 saturated carbocycles. The van der Waals surface area contributed by atoms with Crippen molar-refractivity contribution >= 4 is 5.91 Å². The standard InChI is InChI=1S/C15H22N2O3/c1-12(15(19)17-9-7-16-8-10-17)20-14-5-3-2-4-13(14)6-11-18/h2-5,12,16,18H,6-11H2,1H3. The molecular weight excluding hydrogens is 256 g/mol. The largest absolute Gasteiger partial charge is 0.481 e. The number of nitrogens with one attached hydrogen (secondary N) is 1. The number of rotatable bonds is 5. The number of benzene rings is 1. The lowest BCUT2D eigenvalue weighted by Gasteiger charge is -2.30. The lowest BCUT2D eigenvalue weighted by molar-refractivity contribution is -0.138. The van der Waals surface area contributed by atoms with Gasteiger partial charge in [-0.25, -0.2) is 0 Å². The number of carbonyl (C=O) groups excluding carboxylic acids is 1. The minimum Gasteiger partial charge on any atom is -0.481 e. The zero-order valence-corrected chi connectivity index (χ0v) is 11.8. The highest BCUT2D eigenvalue weighted by Gasteiger charge is 2.23. The minimum absolute atomic E-state index is 0.0188. The highest BCUT2D eigenvalue weighted by atomic mass is 16.5. The van der Waals surface area contributed by atoms with E-state index in [1.54, 1.807) is 6.92 Å². The molecule has 0 bridgehead atoms. The topological polar surface area (TPSA) is 61.8 Å². The molecule has 1 aliphatic rings. The van der Waals surface area contributed by atoms with E-state index in [9.17, 15) is 4.79 Å². The second kappa shape index (κ2) is 7.26. The number of aliphatic hydroxyl groups is 1. The number of hydrogen-bond donors (Lipinski definition) is 2. The Bertz CT molecular complexity index is 444. The Labute approximate surface area is 119 Å². The first-order chi connectivity index (χ1) is 9.72. The predicted molar refractivity (Wildman–Crippen MR) is 76.8 cm³/mol. The molecule has 110 valence electrons. The SMILES string of the molecule is CC(Oc1ccccc1CCO)C(=O)N1CCNCC1. The molecule has 20 heavy (non-hydrogen) atoms. The molecule has 1 heterocycles. The van der Waals surface area contributed by atoms with Crippen LogP contribution in [0.2, 0.25) is 0 Å². The average Bonchev–Trinajstić information content (AvgIpc) is 2.49. The van der Waals surface area contributed by atoms with E-state index in [4.69, 9.17) is 9.84 Å². The van der Waals surface area contributed by atoms with E-state index >= 15 is 0 Å². The third kappa shape index (κ3) is 3.71. The van der Waals surface area contributed by atoms with Crippen LogP contribution in [-0.4, -0.2) is 54.8 Å². The molecule has 0 aromatic heterocycles. The molecule has 1 unspecified atom stereocenters. The van der Waals surface area contributed by atoms with Gasteiger partial charge >= 0.3 is 0 Å². The molecule has 0 radical (unpaired) electrons. The molecule has 5 heteroatoms. The molecule has 1 saturated heterocycles. The van der Waals surface area contributed by atoms with Crippen LogP contribution in [0.4, 0.5) is 0 Å². The summed E-state index contributed by atoms with van der Waals surface area (Å²) in [6.45, 7) is 4.97. The van der Waals surface area contributed by atoms with Crippen molar-refractivity contribution in [3.8, 4) is 5.75 Å². The summed E-state index contributed by atoms with van der Waals surface area (Å²) < 4.78 is 5.79. The molecule has 2 N–H and O–H groups in total. The maximum Gasteiger partial charge on any atom is 0.263 e. The molecule has 1 fully saturated rings. The molecule has 1 amide bonds. The second-order valence-corrected chi connectivity index (χ2v) is 4.92. The van der Waals surface area contributed by atoms with E-state index in [0.29, 0.717) is 12.2 Å². The van der Waals surface area contributed by atoms with Crippen LogP contribution in [0, 0.1) is 0 Å². The third-order valence-electron chi connectivity index (χ3n) is 3.43. The zero-order valence-electron chi connectivity index (χ0n) is 11.8. The number of ether oxygens (including phenoxy) is 1. The first-order valence-electron chi connectivity index (χ1n) is 7.07. The maximum atomic E-state index is 12.3. The van der Waals surface area contributed by atoms with Gasteiger partial charge in [-0.1, -0.05) is 18.2 Å². The Morgan fingerprint density at radius 1 is 1.40 bits per heavy atom. The maximum absolute atomic E-state index is 12.3. The van der Waals surface area contributed by atoms with Crippen molar-refractivity contribution in [2.45, 2.75) is 19.4 Å². The molecule has 0 aliphatic carbocycles. The Hall–Kier alpha value is -1.59. The summed E-state index contributed by atoms with van der Waals surface area (Å²) in [7, 11) is 0. The lowest BCUT2D eigenvalue weighted by atomic mass is 10.1. The molecule has 1 aromatic rings. The molecule has 0 spiro atoms. The second-order valence-electron chi connectivity index (χ2n) is 4.92. The number of amides is 1. The van der Waals surface area contributed by atoms with Gasteiger partial charge < -0.3 is 20.1 Å². The Balaban J connectivity index is 1.99. The molecule has 1 aromatic carbocycles. The first kappa shape index (κ1) is 14.8. The number of aliphatic hydroxyl groups excluding tert-OH is 1. The highest BCUT2D eigenvalue weighted by molar-refractivity contribution is 5.81. The number of carbonyl (C=O) groups is 1. The van der Waals surface area contributed by atoms with Crippen LogP contribution in [0.25, 0.3) is 0 Å². The van der Waals surface area contributed by atoms with Crippen molar-refractivity contribution in [3.05, 3.63) is 29.8 Å². The van der Waals surface area contributed by atoms with Crippen molar-refractivity contribution in [1.29, 1.82) is 0 Å². The number of piperazine rings is 1. The highest BCUT2D eigenvalue weighted by Crippen LogP contribution is 2.20.